The van der Waals surface area contributed by atoms with Gasteiger partial charge in [0.15, 0.2) is 0 Å². The normalized spacial score (nSPS) is 11.1. The number of guanidine groups is 1. The highest BCUT2D eigenvalue weighted by atomic mass is 16.5. The highest BCUT2D eigenvalue weighted by molar-refractivity contribution is 6.14. The van der Waals surface area contributed by atoms with Crippen molar-refractivity contribution in [3.05, 3.63) is 60.3 Å². The molecule has 7 heteroatoms. The maximum absolute atomic E-state index is 12.9. The van der Waals surface area contributed by atoms with E-state index < -0.39 is 0 Å². The van der Waals surface area contributed by atoms with Gasteiger partial charge >= 0.3 is 0 Å². The largest absolute Gasteiger partial charge is 0.497 e. The highest BCUT2D eigenvalue weighted by Gasteiger charge is 2.17. The van der Waals surface area contributed by atoms with Gasteiger partial charge in [-0.05, 0) is 18.2 Å². The maximum Gasteiger partial charge on any atom is 0.258 e. The molecule has 0 aliphatic carbocycles. The van der Waals surface area contributed by atoms with E-state index in [0.717, 1.165) is 5.69 Å². The quantitative estimate of drug-likeness (QED) is 0.549. The number of ether oxygens (including phenoxy) is 2. The van der Waals surface area contributed by atoms with Crippen molar-refractivity contribution in [2.24, 2.45) is 4.99 Å². The zero-order chi connectivity index (χ0) is 19.2. The average Bonchev–Trinajstić information content (AvgIpc) is 2.72. The van der Waals surface area contributed by atoms with Crippen LogP contribution in [0.4, 0.5) is 5.69 Å². The van der Waals surface area contributed by atoms with Gasteiger partial charge in [-0.3, -0.25) is 15.1 Å². The van der Waals surface area contributed by atoms with Crippen LogP contribution in [0, 0.1) is 0 Å². The molecule has 7 nitrogen and oxygen atoms in total. The number of fused-ring (bicyclic) bond motifs is 1. The fourth-order valence-electron chi connectivity index (χ4n) is 2.65. The van der Waals surface area contributed by atoms with E-state index in [9.17, 15) is 4.79 Å². The Bertz CT molecular complexity index is 987. The lowest BCUT2D eigenvalue weighted by atomic mass is 10.1. The van der Waals surface area contributed by atoms with E-state index in [0.29, 0.717) is 33.9 Å². The second-order valence-electron chi connectivity index (χ2n) is 5.58. The Hall–Kier alpha value is -3.61. The fraction of sp³-hybridized carbons (Fsp3) is 0.150. The van der Waals surface area contributed by atoms with Crippen molar-refractivity contribution in [1.82, 2.24) is 15.6 Å². The number of aliphatic imine (C=N–C) groups is 1. The van der Waals surface area contributed by atoms with Gasteiger partial charge in [-0.1, -0.05) is 18.2 Å². The summed E-state index contributed by atoms with van der Waals surface area (Å²) in [5.74, 6) is 1.12. The topological polar surface area (TPSA) is 84.8 Å². The molecule has 0 saturated heterocycles. The van der Waals surface area contributed by atoms with Gasteiger partial charge < -0.3 is 14.8 Å². The summed E-state index contributed by atoms with van der Waals surface area (Å²) < 4.78 is 10.7. The number of hydrogen-bond donors (Lipinski definition) is 2. The number of amides is 1. The summed E-state index contributed by atoms with van der Waals surface area (Å²) in [6.07, 6.45) is 1.57. The van der Waals surface area contributed by atoms with Crippen molar-refractivity contribution in [2.75, 3.05) is 21.3 Å². The molecule has 0 saturated carbocycles. The number of hydrogen-bond acceptors (Lipinski definition) is 5. The van der Waals surface area contributed by atoms with Gasteiger partial charge in [0.2, 0.25) is 5.96 Å². The van der Waals surface area contributed by atoms with Gasteiger partial charge in [0, 0.05) is 25.4 Å². The van der Waals surface area contributed by atoms with Gasteiger partial charge in [-0.15, -0.1) is 0 Å². The first-order valence-electron chi connectivity index (χ1n) is 8.30. The number of carbonyl (C=O) groups excluding carboxylic acids is 1. The third-order valence-corrected chi connectivity index (χ3v) is 3.95. The van der Waals surface area contributed by atoms with E-state index in [1.54, 1.807) is 45.7 Å². The molecule has 0 bridgehead atoms. The number of rotatable bonds is 4. The minimum atomic E-state index is -0.324. The average molecular weight is 364 g/mol. The summed E-state index contributed by atoms with van der Waals surface area (Å²) in [4.78, 5) is 21.6. The van der Waals surface area contributed by atoms with Gasteiger partial charge in [0.1, 0.15) is 11.5 Å². The zero-order valence-corrected chi connectivity index (χ0v) is 15.3. The van der Waals surface area contributed by atoms with Crippen molar-refractivity contribution >= 4 is 28.5 Å². The second-order valence-corrected chi connectivity index (χ2v) is 5.58. The molecule has 0 atom stereocenters. The predicted octanol–water partition coefficient (Wildman–Crippen LogP) is 2.89. The van der Waals surface area contributed by atoms with Crippen LogP contribution >= 0.6 is 0 Å². The van der Waals surface area contributed by atoms with Gasteiger partial charge in [-0.25, -0.2) is 4.99 Å². The van der Waals surface area contributed by atoms with Crippen molar-refractivity contribution in [3.63, 3.8) is 0 Å². The van der Waals surface area contributed by atoms with E-state index in [2.05, 4.69) is 20.6 Å². The molecule has 0 radical (unpaired) electrons. The number of para-hydroxylation sites is 1. The van der Waals surface area contributed by atoms with E-state index in [1.807, 2.05) is 30.3 Å². The molecule has 0 aliphatic heterocycles. The molecule has 0 spiro atoms. The smallest absolute Gasteiger partial charge is 0.258 e. The second kappa shape index (κ2) is 8.18. The SMILES string of the molecule is CNC(=Nc1ccccc1)NC(=O)c1ccnc2cc(OC)cc(OC)c12. The van der Waals surface area contributed by atoms with E-state index in [4.69, 9.17) is 9.47 Å². The molecule has 3 aromatic rings. The lowest BCUT2D eigenvalue weighted by Gasteiger charge is -2.13. The summed E-state index contributed by atoms with van der Waals surface area (Å²) in [6, 6.07) is 14.5. The number of methoxy groups -OCH3 is 2. The van der Waals surface area contributed by atoms with E-state index in [-0.39, 0.29) is 5.91 Å². The van der Waals surface area contributed by atoms with Crippen LogP contribution in [0.3, 0.4) is 0 Å². The molecule has 27 heavy (non-hydrogen) atoms. The number of aromatic nitrogens is 1. The van der Waals surface area contributed by atoms with Gasteiger partial charge in [0.05, 0.1) is 36.4 Å². The summed E-state index contributed by atoms with van der Waals surface area (Å²) in [5.41, 5.74) is 1.75. The molecule has 2 N–H and O–H groups in total. The van der Waals surface area contributed by atoms with Crippen LogP contribution in [0.2, 0.25) is 0 Å². The zero-order valence-electron chi connectivity index (χ0n) is 15.3. The lowest BCUT2D eigenvalue weighted by molar-refractivity contribution is 0.0977. The monoisotopic (exact) mass is 364 g/mol. The van der Waals surface area contributed by atoms with Crippen LogP contribution in [-0.4, -0.2) is 38.1 Å². The Balaban J connectivity index is 1.99. The molecule has 3 rings (SSSR count). The standard InChI is InChI=1S/C20H20N4O3/c1-21-20(23-13-7-5-4-6-8-13)24-19(25)15-9-10-22-16-11-14(26-2)12-17(27-3)18(15)16/h4-12H,1-3H3,(H2,21,23,24,25). The predicted molar refractivity (Wildman–Crippen MR) is 105 cm³/mol. The first-order valence-corrected chi connectivity index (χ1v) is 8.30. The van der Waals surface area contributed by atoms with E-state index >= 15 is 0 Å². The van der Waals surface area contributed by atoms with Crippen molar-refractivity contribution < 1.29 is 14.3 Å². The van der Waals surface area contributed by atoms with Gasteiger partial charge in [0.25, 0.3) is 5.91 Å². The molecule has 1 amide bonds. The Morgan fingerprint density at radius 2 is 1.85 bits per heavy atom. The Kier molecular flexibility index (Phi) is 5.51. The number of nitrogens with zero attached hydrogens (tertiary/aromatic N) is 2. The minimum Gasteiger partial charge on any atom is -0.497 e. The van der Waals surface area contributed by atoms with Crippen molar-refractivity contribution in [1.29, 1.82) is 0 Å². The molecule has 138 valence electrons. The molecule has 2 aromatic carbocycles. The van der Waals surface area contributed by atoms with Gasteiger partial charge in [-0.2, -0.15) is 0 Å². The first-order chi connectivity index (χ1) is 13.2. The maximum atomic E-state index is 12.9. The number of carbonyl (C=O) groups is 1. The summed E-state index contributed by atoms with van der Waals surface area (Å²) in [7, 11) is 4.80. The number of pyridine rings is 1. The summed E-state index contributed by atoms with van der Waals surface area (Å²) >= 11 is 0. The van der Waals surface area contributed by atoms with E-state index in [1.165, 1.54) is 0 Å². The molecular weight excluding hydrogens is 344 g/mol. The minimum absolute atomic E-state index is 0.324. The molecule has 1 heterocycles. The lowest BCUT2D eigenvalue weighted by Crippen LogP contribution is -2.39. The Labute approximate surface area is 157 Å². The van der Waals surface area contributed by atoms with Crippen LogP contribution in [0.1, 0.15) is 10.4 Å². The Morgan fingerprint density at radius 1 is 1.07 bits per heavy atom. The molecule has 0 aliphatic rings. The molecular formula is C20H20N4O3. The summed E-state index contributed by atoms with van der Waals surface area (Å²) in [5, 5.41) is 6.29. The van der Waals surface area contributed by atoms with Crippen molar-refractivity contribution in [2.45, 2.75) is 0 Å². The van der Waals surface area contributed by atoms with Crippen LogP contribution in [-0.2, 0) is 0 Å². The third kappa shape index (κ3) is 3.98. The molecule has 0 fully saturated rings. The molecule has 1 aromatic heterocycles. The third-order valence-electron chi connectivity index (χ3n) is 3.95. The number of nitrogens with one attached hydrogen (secondary N) is 2. The van der Waals surface area contributed by atoms with Crippen molar-refractivity contribution in [3.8, 4) is 11.5 Å². The first kappa shape index (κ1) is 18.2. The Morgan fingerprint density at radius 3 is 2.52 bits per heavy atom. The van der Waals surface area contributed by atoms with Crippen LogP contribution < -0.4 is 20.1 Å². The fourth-order valence-corrected chi connectivity index (χ4v) is 2.65. The highest BCUT2D eigenvalue weighted by Crippen LogP contribution is 2.32. The van der Waals surface area contributed by atoms with Crippen LogP contribution in [0.5, 0.6) is 11.5 Å². The number of benzene rings is 2. The van der Waals surface area contributed by atoms with Crippen LogP contribution in [0.25, 0.3) is 10.9 Å². The van der Waals surface area contributed by atoms with Crippen LogP contribution in [0.15, 0.2) is 59.7 Å². The molecule has 0 unspecified atom stereocenters. The summed E-state index contributed by atoms with van der Waals surface area (Å²) in [6.45, 7) is 0.